The molecule has 104 valence electrons. The summed E-state index contributed by atoms with van der Waals surface area (Å²) in [5.41, 5.74) is -0.584. The molecular formula is C14H26N2O2. The Bertz CT molecular complexity index is 301. The van der Waals surface area contributed by atoms with Crippen molar-refractivity contribution in [2.75, 3.05) is 26.7 Å². The lowest BCUT2D eigenvalue weighted by atomic mass is 9.86. The summed E-state index contributed by atoms with van der Waals surface area (Å²) in [5.74, 6) is 1.01. The van der Waals surface area contributed by atoms with Crippen molar-refractivity contribution < 1.29 is 9.90 Å². The first-order chi connectivity index (χ1) is 8.37. The zero-order valence-electron chi connectivity index (χ0n) is 11.9. The third kappa shape index (κ3) is 3.23. The molecule has 0 aromatic rings. The van der Waals surface area contributed by atoms with Crippen LogP contribution in [0.3, 0.4) is 0 Å². The lowest BCUT2D eigenvalue weighted by Crippen LogP contribution is -2.62. The third-order valence-corrected chi connectivity index (χ3v) is 4.41. The molecule has 0 unspecified atom stereocenters. The third-order valence-electron chi connectivity index (χ3n) is 4.41. The molecule has 18 heavy (non-hydrogen) atoms. The molecule has 0 bridgehead atoms. The first-order valence-electron chi connectivity index (χ1n) is 7.08. The number of amides is 1. The fourth-order valence-electron chi connectivity index (χ4n) is 3.17. The van der Waals surface area contributed by atoms with Crippen LogP contribution in [0.15, 0.2) is 0 Å². The Labute approximate surface area is 110 Å². The summed E-state index contributed by atoms with van der Waals surface area (Å²) in [4.78, 5) is 16.1. The van der Waals surface area contributed by atoms with Gasteiger partial charge in [0.1, 0.15) is 0 Å². The van der Waals surface area contributed by atoms with Crippen molar-refractivity contribution in [3.63, 3.8) is 0 Å². The zero-order valence-corrected chi connectivity index (χ0v) is 11.9. The fraction of sp³-hybridized carbons (Fsp3) is 0.929. The molecule has 0 aromatic heterocycles. The molecule has 0 atom stereocenters. The summed E-state index contributed by atoms with van der Waals surface area (Å²) in [6, 6.07) is 0.426. The van der Waals surface area contributed by atoms with Crippen LogP contribution in [-0.4, -0.2) is 59.1 Å². The maximum atomic E-state index is 12.1. The van der Waals surface area contributed by atoms with E-state index in [2.05, 4.69) is 6.92 Å². The van der Waals surface area contributed by atoms with Crippen molar-refractivity contribution in [1.82, 2.24) is 9.80 Å². The molecule has 4 nitrogen and oxygen atoms in total. The molecule has 1 heterocycles. The molecule has 1 saturated carbocycles. The molecule has 1 aliphatic carbocycles. The molecule has 1 saturated heterocycles. The van der Waals surface area contributed by atoms with Gasteiger partial charge in [0.25, 0.3) is 0 Å². The first kappa shape index (κ1) is 13.8. The van der Waals surface area contributed by atoms with E-state index in [1.54, 1.807) is 0 Å². The van der Waals surface area contributed by atoms with Crippen LogP contribution in [0.5, 0.6) is 0 Å². The Morgan fingerprint density at radius 2 is 1.89 bits per heavy atom. The number of hydrogen-bond acceptors (Lipinski definition) is 3. The molecule has 0 radical (unpaired) electrons. The predicted molar refractivity (Wildman–Crippen MR) is 71.3 cm³/mol. The van der Waals surface area contributed by atoms with Crippen LogP contribution < -0.4 is 0 Å². The van der Waals surface area contributed by atoms with Crippen LogP contribution in [0.2, 0.25) is 0 Å². The highest BCUT2D eigenvalue weighted by Gasteiger charge is 2.38. The topological polar surface area (TPSA) is 43.8 Å². The van der Waals surface area contributed by atoms with Gasteiger partial charge in [-0.15, -0.1) is 0 Å². The van der Waals surface area contributed by atoms with E-state index in [4.69, 9.17) is 0 Å². The Morgan fingerprint density at radius 3 is 2.39 bits per heavy atom. The fourth-order valence-corrected chi connectivity index (χ4v) is 3.17. The van der Waals surface area contributed by atoms with Gasteiger partial charge in [0, 0.05) is 26.2 Å². The Balaban J connectivity index is 1.75. The number of hydrogen-bond donors (Lipinski definition) is 1. The molecule has 0 spiro atoms. The van der Waals surface area contributed by atoms with E-state index in [-0.39, 0.29) is 5.91 Å². The molecule has 1 amide bonds. The Kier molecular flexibility index (Phi) is 3.97. The number of likely N-dealkylation sites (tertiary alicyclic amines) is 1. The van der Waals surface area contributed by atoms with Gasteiger partial charge in [-0.1, -0.05) is 6.92 Å². The quantitative estimate of drug-likeness (QED) is 0.820. The number of likely N-dealkylation sites (N-methyl/N-ethyl adjacent to an activating group) is 1. The predicted octanol–water partition coefficient (Wildman–Crippen LogP) is 1.09. The number of carbonyl (C=O) groups excluding carboxylic acids is 1. The summed E-state index contributed by atoms with van der Waals surface area (Å²) in [6.07, 6.45) is 4.75. The van der Waals surface area contributed by atoms with Gasteiger partial charge in [0.05, 0.1) is 12.1 Å². The van der Waals surface area contributed by atoms with Crippen LogP contribution >= 0.6 is 0 Å². The van der Waals surface area contributed by atoms with E-state index in [0.29, 0.717) is 25.7 Å². The van der Waals surface area contributed by atoms with E-state index >= 15 is 0 Å². The second-order valence-electron chi connectivity index (χ2n) is 6.56. The summed E-state index contributed by atoms with van der Waals surface area (Å²) < 4.78 is 0. The second kappa shape index (κ2) is 5.17. The van der Waals surface area contributed by atoms with Gasteiger partial charge >= 0.3 is 0 Å². The summed E-state index contributed by atoms with van der Waals surface area (Å²) in [5, 5.41) is 9.65. The SMILES string of the molecule is CC1CCC(N(C)C(=O)CN2CC(C)(O)C2)CC1. The molecule has 0 aromatic carbocycles. The minimum Gasteiger partial charge on any atom is -0.388 e. The summed E-state index contributed by atoms with van der Waals surface area (Å²) >= 11 is 0. The average molecular weight is 254 g/mol. The molecular weight excluding hydrogens is 228 g/mol. The van der Waals surface area contributed by atoms with Crippen molar-refractivity contribution >= 4 is 5.91 Å². The average Bonchev–Trinajstić information content (AvgIpc) is 2.26. The van der Waals surface area contributed by atoms with Crippen LogP contribution in [0, 0.1) is 5.92 Å². The second-order valence-corrected chi connectivity index (χ2v) is 6.56. The molecule has 4 heteroatoms. The molecule has 1 N–H and O–H groups in total. The number of nitrogens with zero attached hydrogens (tertiary/aromatic N) is 2. The highest BCUT2D eigenvalue weighted by atomic mass is 16.3. The van der Waals surface area contributed by atoms with Gasteiger partial charge in [-0.3, -0.25) is 9.69 Å². The molecule has 2 fully saturated rings. The van der Waals surface area contributed by atoms with Gasteiger partial charge in [-0.25, -0.2) is 0 Å². The van der Waals surface area contributed by atoms with Gasteiger partial charge in [-0.2, -0.15) is 0 Å². The Morgan fingerprint density at radius 1 is 1.33 bits per heavy atom. The van der Waals surface area contributed by atoms with Crippen molar-refractivity contribution in [2.24, 2.45) is 5.92 Å². The van der Waals surface area contributed by atoms with Crippen LogP contribution in [-0.2, 0) is 4.79 Å². The Hall–Kier alpha value is -0.610. The molecule has 2 aliphatic rings. The van der Waals surface area contributed by atoms with Crippen LogP contribution in [0.4, 0.5) is 0 Å². The summed E-state index contributed by atoms with van der Waals surface area (Å²) in [7, 11) is 1.93. The minimum atomic E-state index is -0.584. The first-order valence-corrected chi connectivity index (χ1v) is 7.08. The highest BCUT2D eigenvalue weighted by molar-refractivity contribution is 5.78. The number of aliphatic hydroxyl groups is 1. The highest BCUT2D eigenvalue weighted by Crippen LogP contribution is 2.27. The number of β-amino-alcohol motifs (C(OH)–C–C–N with tert-alkyl or cyclic N) is 1. The molecule has 1 aliphatic heterocycles. The van der Waals surface area contributed by atoms with Crippen LogP contribution in [0.25, 0.3) is 0 Å². The van der Waals surface area contributed by atoms with Gasteiger partial charge in [-0.05, 0) is 38.5 Å². The smallest absolute Gasteiger partial charge is 0.236 e. The van der Waals surface area contributed by atoms with Gasteiger partial charge in [0.15, 0.2) is 0 Å². The minimum absolute atomic E-state index is 0.199. The maximum absolute atomic E-state index is 12.1. The standard InChI is InChI=1S/C14H26N2O2/c1-11-4-6-12(7-5-11)15(3)13(17)8-16-9-14(2,18)10-16/h11-12,18H,4-10H2,1-3H3. The van der Waals surface area contributed by atoms with E-state index < -0.39 is 5.60 Å². The zero-order chi connectivity index (χ0) is 13.3. The van der Waals surface area contributed by atoms with E-state index in [1.165, 1.54) is 12.8 Å². The largest absolute Gasteiger partial charge is 0.388 e. The van der Waals surface area contributed by atoms with Gasteiger partial charge < -0.3 is 10.0 Å². The van der Waals surface area contributed by atoms with Crippen molar-refractivity contribution in [2.45, 2.75) is 51.2 Å². The van der Waals surface area contributed by atoms with Crippen molar-refractivity contribution in [3.05, 3.63) is 0 Å². The monoisotopic (exact) mass is 254 g/mol. The van der Waals surface area contributed by atoms with Crippen molar-refractivity contribution in [1.29, 1.82) is 0 Å². The summed E-state index contributed by atoms with van der Waals surface area (Å²) in [6.45, 7) is 5.81. The number of carbonyl (C=O) groups is 1. The lowest BCUT2D eigenvalue weighted by molar-refractivity contribution is -0.141. The van der Waals surface area contributed by atoms with E-state index in [0.717, 1.165) is 18.8 Å². The van der Waals surface area contributed by atoms with Crippen LogP contribution in [0.1, 0.15) is 39.5 Å². The van der Waals surface area contributed by atoms with Crippen molar-refractivity contribution in [3.8, 4) is 0 Å². The number of rotatable bonds is 3. The normalized spacial score (nSPS) is 31.8. The maximum Gasteiger partial charge on any atom is 0.236 e. The lowest BCUT2D eigenvalue weighted by Gasteiger charge is -2.44. The van der Waals surface area contributed by atoms with Gasteiger partial charge in [0.2, 0.25) is 5.91 Å². The van der Waals surface area contributed by atoms with E-state index in [9.17, 15) is 9.90 Å². The molecule has 2 rings (SSSR count). The van der Waals surface area contributed by atoms with E-state index in [1.807, 2.05) is 23.8 Å².